The Kier molecular flexibility index (Phi) is 1.00. The molecule has 0 radical (unpaired) electrons. The van der Waals surface area contributed by atoms with Crippen LogP contribution in [-0.4, -0.2) is 0 Å². The molecule has 0 aromatic heterocycles. The van der Waals surface area contributed by atoms with Crippen LogP contribution in [0.1, 0.15) is 5.56 Å². The maximum atomic E-state index is 12.0. The van der Waals surface area contributed by atoms with Crippen LogP contribution in [0.3, 0.4) is 0 Å². The highest BCUT2D eigenvalue weighted by molar-refractivity contribution is 5.56. The predicted octanol–water partition coefficient (Wildman–Crippen LogP) is 2.81. The van der Waals surface area contributed by atoms with Crippen molar-refractivity contribution in [3.05, 3.63) is 23.8 Å². The number of halogens is 3. The van der Waals surface area contributed by atoms with Gasteiger partial charge in [0.2, 0.25) is 0 Å². The molecule has 1 nitrogen and oxygen atoms in total. The van der Waals surface area contributed by atoms with Crippen molar-refractivity contribution < 1.29 is 17.9 Å². The van der Waals surface area contributed by atoms with Crippen molar-refractivity contribution in [2.45, 2.75) is 6.18 Å². The molecule has 0 N–H and O–H groups in total. The van der Waals surface area contributed by atoms with E-state index in [1.54, 1.807) is 0 Å². The van der Waals surface area contributed by atoms with Gasteiger partial charge in [-0.15, -0.1) is 0 Å². The topological polar surface area (TPSA) is 9.23 Å². The van der Waals surface area contributed by atoms with Gasteiger partial charge in [0.1, 0.15) is 17.1 Å². The Hall–Kier alpha value is -1.19. The minimum atomic E-state index is -4.27. The summed E-state index contributed by atoms with van der Waals surface area (Å²) in [6.45, 7) is 0. The molecule has 2 heterocycles. The van der Waals surface area contributed by atoms with Crippen LogP contribution in [0, 0.1) is 0 Å². The summed E-state index contributed by atoms with van der Waals surface area (Å²) in [5.74, 6) is -0.148. The second kappa shape index (κ2) is 1.69. The second-order valence-electron chi connectivity index (χ2n) is 2.23. The van der Waals surface area contributed by atoms with Crippen LogP contribution in [0.2, 0.25) is 0 Å². The molecule has 0 unspecified atom stereocenters. The smallest absolute Gasteiger partial charge is 0.423 e. The van der Waals surface area contributed by atoms with Gasteiger partial charge in [-0.2, -0.15) is 13.2 Å². The summed E-state index contributed by atoms with van der Waals surface area (Å²) in [6, 6.07) is 4.13. The van der Waals surface area contributed by atoms with Crippen LogP contribution in [0.5, 0.6) is 11.5 Å². The van der Waals surface area contributed by atoms with E-state index in [0.717, 1.165) is 0 Å². The number of rotatable bonds is 0. The van der Waals surface area contributed by atoms with Crippen molar-refractivity contribution in [2.24, 2.45) is 0 Å². The normalized spacial score (nSPS) is 13.7. The highest BCUT2D eigenvalue weighted by Gasteiger charge is 2.43. The fourth-order valence-electron chi connectivity index (χ4n) is 1.03. The first-order valence-corrected chi connectivity index (χ1v) is 2.97. The quantitative estimate of drug-likeness (QED) is 0.575. The number of fused-ring (bicyclic) bond motifs is 2. The summed E-state index contributed by atoms with van der Waals surface area (Å²) < 4.78 is 40.7. The average Bonchev–Trinajstić information content (AvgIpc) is 1.85. The average molecular weight is 160 g/mol. The summed E-state index contributed by atoms with van der Waals surface area (Å²) in [5, 5.41) is 0. The third-order valence-corrected chi connectivity index (χ3v) is 1.49. The fraction of sp³-hybridized carbons (Fsp3) is 0.143. The highest BCUT2D eigenvalue weighted by atomic mass is 19.4. The monoisotopic (exact) mass is 160 g/mol. The van der Waals surface area contributed by atoms with Crippen molar-refractivity contribution in [1.29, 1.82) is 0 Å². The van der Waals surface area contributed by atoms with E-state index in [2.05, 4.69) is 4.74 Å². The molecule has 0 saturated heterocycles. The Morgan fingerprint density at radius 3 is 1.91 bits per heavy atom. The zero-order valence-corrected chi connectivity index (χ0v) is 5.27. The molecule has 0 saturated carbocycles. The van der Waals surface area contributed by atoms with Crippen LogP contribution in [0.4, 0.5) is 13.2 Å². The lowest BCUT2D eigenvalue weighted by molar-refractivity contribution is -0.143. The van der Waals surface area contributed by atoms with Crippen LogP contribution in [0.25, 0.3) is 0 Å². The zero-order chi connectivity index (χ0) is 8.06. The summed E-state index contributed by atoms with van der Waals surface area (Å²) in [4.78, 5) is 0. The molecule has 2 bridgehead atoms. The van der Waals surface area contributed by atoms with Gasteiger partial charge in [0.05, 0.1) is 0 Å². The number of alkyl halides is 3. The summed E-state index contributed by atoms with van der Waals surface area (Å²) in [6.07, 6.45) is -4.27. The van der Waals surface area contributed by atoms with Crippen molar-refractivity contribution >= 4 is 0 Å². The molecule has 4 heteroatoms. The predicted molar refractivity (Wildman–Crippen MR) is 31.5 cm³/mol. The van der Waals surface area contributed by atoms with Crippen LogP contribution in [-0.2, 0) is 6.18 Å². The van der Waals surface area contributed by atoms with Crippen molar-refractivity contribution in [1.82, 2.24) is 0 Å². The Morgan fingerprint density at radius 1 is 1.09 bits per heavy atom. The summed E-state index contributed by atoms with van der Waals surface area (Å²) >= 11 is 0. The Balaban J connectivity index is 2.53. The van der Waals surface area contributed by atoms with E-state index >= 15 is 0 Å². The molecule has 0 aliphatic carbocycles. The van der Waals surface area contributed by atoms with Gasteiger partial charge in [-0.05, 0) is 12.1 Å². The third kappa shape index (κ3) is 0.785. The number of benzene rings is 1. The number of hydrogen-bond donors (Lipinski definition) is 0. The Bertz CT molecular complexity index is 283. The molecule has 2 aliphatic rings. The maximum absolute atomic E-state index is 12.0. The standard InChI is InChI=1S/C7H3F3O/c8-7(9,10)6-4-2-1-3-5(6)11-4/h1-3H. The minimum absolute atomic E-state index is 0.0741. The summed E-state index contributed by atoms with van der Waals surface area (Å²) in [5.41, 5.74) is -0.639. The van der Waals surface area contributed by atoms with Gasteiger partial charge in [0, 0.05) is 0 Å². The van der Waals surface area contributed by atoms with E-state index in [4.69, 9.17) is 0 Å². The molecule has 58 valence electrons. The molecule has 0 amide bonds. The lowest BCUT2D eigenvalue weighted by Crippen LogP contribution is -2.15. The van der Waals surface area contributed by atoms with E-state index < -0.39 is 11.7 Å². The molecule has 0 atom stereocenters. The first-order valence-electron chi connectivity index (χ1n) is 2.97. The van der Waals surface area contributed by atoms with Gasteiger partial charge in [-0.3, -0.25) is 0 Å². The SMILES string of the molecule is FC(F)(F)c1c2cccc1O2. The van der Waals surface area contributed by atoms with Gasteiger partial charge in [-0.25, -0.2) is 0 Å². The minimum Gasteiger partial charge on any atom is -0.456 e. The third-order valence-electron chi connectivity index (χ3n) is 1.49. The maximum Gasteiger partial charge on any atom is 0.423 e. The molecule has 0 spiro atoms. The molecule has 0 fully saturated rings. The largest absolute Gasteiger partial charge is 0.456 e. The first kappa shape index (κ1) is 6.52. The highest BCUT2D eigenvalue weighted by Crippen LogP contribution is 2.50. The van der Waals surface area contributed by atoms with E-state index in [1.165, 1.54) is 18.2 Å². The lowest BCUT2D eigenvalue weighted by atomic mass is 10.1. The van der Waals surface area contributed by atoms with Gasteiger partial charge in [0.25, 0.3) is 0 Å². The molecular formula is C7H3F3O. The molecule has 1 aromatic carbocycles. The first-order chi connectivity index (χ1) is 5.09. The van der Waals surface area contributed by atoms with Gasteiger partial charge in [0.15, 0.2) is 0 Å². The van der Waals surface area contributed by atoms with Crippen molar-refractivity contribution in [3.63, 3.8) is 0 Å². The molecular weight excluding hydrogens is 157 g/mol. The summed E-state index contributed by atoms with van der Waals surface area (Å²) in [7, 11) is 0. The number of ether oxygens (including phenoxy) is 1. The Labute approximate surface area is 60.4 Å². The number of hydrogen-bond acceptors (Lipinski definition) is 1. The van der Waals surface area contributed by atoms with Crippen LogP contribution in [0.15, 0.2) is 18.2 Å². The van der Waals surface area contributed by atoms with Crippen molar-refractivity contribution in [3.8, 4) is 11.5 Å². The van der Waals surface area contributed by atoms with E-state index in [-0.39, 0.29) is 11.5 Å². The van der Waals surface area contributed by atoms with E-state index in [1.807, 2.05) is 0 Å². The Morgan fingerprint density at radius 2 is 1.64 bits per heavy atom. The van der Waals surface area contributed by atoms with Gasteiger partial charge >= 0.3 is 6.18 Å². The molecule has 2 aliphatic heterocycles. The van der Waals surface area contributed by atoms with Gasteiger partial charge in [-0.1, -0.05) is 6.07 Å². The fourth-order valence-corrected chi connectivity index (χ4v) is 1.03. The van der Waals surface area contributed by atoms with Crippen LogP contribution >= 0.6 is 0 Å². The molecule has 1 aromatic rings. The molecule has 11 heavy (non-hydrogen) atoms. The zero-order valence-electron chi connectivity index (χ0n) is 5.27. The van der Waals surface area contributed by atoms with E-state index in [0.29, 0.717) is 0 Å². The van der Waals surface area contributed by atoms with Crippen LogP contribution < -0.4 is 4.74 Å². The second-order valence-corrected chi connectivity index (χ2v) is 2.23. The van der Waals surface area contributed by atoms with Gasteiger partial charge < -0.3 is 4.74 Å². The lowest BCUT2D eigenvalue weighted by Gasteiger charge is -2.24. The van der Waals surface area contributed by atoms with Crippen molar-refractivity contribution in [2.75, 3.05) is 0 Å². The molecule has 3 rings (SSSR count). The van der Waals surface area contributed by atoms with E-state index in [9.17, 15) is 13.2 Å².